The first-order chi connectivity index (χ1) is 14.0. The number of nitrogens with one attached hydrogen (secondary N) is 2. The lowest BCUT2D eigenvalue weighted by atomic mass is 9.73. The highest BCUT2D eigenvalue weighted by molar-refractivity contribution is 7.11. The fraction of sp³-hybridized carbons (Fsp3) is 0.524. The van der Waals surface area contributed by atoms with Crippen LogP contribution >= 0.6 is 22.9 Å². The van der Waals surface area contributed by atoms with Crippen molar-refractivity contribution in [2.24, 2.45) is 4.99 Å². The second kappa shape index (κ2) is 9.78. The molecule has 1 aliphatic rings. The lowest BCUT2D eigenvalue weighted by molar-refractivity contribution is 0.0505. The summed E-state index contributed by atoms with van der Waals surface area (Å²) in [5, 5.41) is 8.64. The number of guanidine groups is 1. The average Bonchev–Trinajstić information content (AvgIpc) is 3.06. The molecule has 29 heavy (non-hydrogen) atoms. The number of methoxy groups -OCH3 is 1. The van der Waals surface area contributed by atoms with Crippen molar-refractivity contribution in [1.82, 2.24) is 15.6 Å². The molecule has 2 aromatic rings. The molecule has 0 radical (unpaired) electrons. The van der Waals surface area contributed by atoms with Crippen LogP contribution in [0.25, 0.3) is 0 Å². The number of benzene rings is 1. The van der Waals surface area contributed by atoms with Gasteiger partial charge in [-0.25, -0.2) is 4.98 Å². The van der Waals surface area contributed by atoms with Crippen LogP contribution in [0.1, 0.15) is 34.0 Å². The van der Waals surface area contributed by atoms with Crippen LogP contribution in [-0.4, -0.2) is 44.9 Å². The molecule has 6 nitrogen and oxygen atoms in total. The zero-order valence-electron chi connectivity index (χ0n) is 17.5. The Morgan fingerprint density at radius 2 is 2.07 bits per heavy atom. The van der Waals surface area contributed by atoms with E-state index in [2.05, 4.69) is 27.5 Å². The first-order valence-electron chi connectivity index (χ1n) is 9.76. The Bertz CT molecular complexity index is 843. The first kappa shape index (κ1) is 21.9. The van der Waals surface area contributed by atoms with Crippen LogP contribution in [0.2, 0.25) is 5.02 Å². The van der Waals surface area contributed by atoms with Crippen LogP contribution in [0, 0.1) is 13.8 Å². The number of aryl methyl sites for hydroxylation is 2. The zero-order valence-corrected chi connectivity index (χ0v) is 19.0. The van der Waals surface area contributed by atoms with E-state index < -0.39 is 0 Å². The highest BCUT2D eigenvalue weighted by atomic mass is 35.5. The highest BCUT2D eigenvalue weighted by Crippen LogP contribution is 2.40. The maximum atomic E-state index is 6.33. The molecule has 0 unspecified atom stereocenters. The van der Waals surface area contributed by atoms with Gasteiger partial charge >= 0.3 is 0 Å². The van der Waals surface area contributed by atoms with E-state index >= 15 is 0 Å². The van der Waals surface area contributed by atoms with Gasteiger partial charge in [0.25, 0.3) is 0 Å². The van der Waals surface area contributed by atoms with Gasteiger partial charge in [0.1, 0.15) is 10.8 Å². The second-order valence-electron chi connectivity index (χ2n) is 7.27. The highest BCUT2D eigenvalue weighted by Gasteiger charge is 2.37. The van der Waals surface area contributed by atoms with Gasteiger partial charge in [-0.05, 0) is 44.9 Å². The number of aromatic nitrogens is 1. The van der Waals surface area contributed by atoms with Gasteiger partial charge in [0, 0.05) is 47.7 Å². The summed E-state index contributed by atoms with van der Waals surface area (Å²) in [5.74, 6) is 1.61. The van der Waals surface area contributed by atoms with Crippen LogP contribution in [0.5, 0.6) is 5.75 Å². The average molecular weight is 437 g/mol. The van der Waals surface area contributed by atoms with Gasteiger partial charge in [0.05, 0.1) is 19.3 Å². The number of hydrogen-bond acceptors (Lipinski definition) is 5. The van der Waals surface area contributed by atoms with Crippen molar-refractivity contribution in [1.29, 1.82) is 0 Å². The molecular weight excluding hydrogens is 408 g/mol. The smallest absolute Gasteiger partial charge is 0.191 e. The molecule has 8 heteroatoms. The third-order valence-electron chi connectivity index (χ3n) is 5.48. The molecule has 0 aliphatic carbocycles. The van der Waals surface area contributed by atoms with E-state index in [1.165, 1.54) is 4.88 Å². The molecule has 1 aliphatic heterocycles. The molecule has 1 aromatic carbocycles. The first-order valence-corrected chi connectivity index (χ1v) is 11.0. The Hall–Kier alpha value is -1.83. The summed E-state index contributed by atoms with van der Waals surface area (Å²) >= 11 is 8.04. The summed E-state index contributed by atoms with van der Waals surface area (Å²) in [4.78, 5) is 10.2. The Labute approximate surface area is 181 Å². The van der Waals surface area contributed by atoms with Crippen molar-refractivity contribution in [3.8, 4) is 5.75 Å². The van der Waals surface area contributed by atoms with Gasteiger partial charge in [0.15, 0.2) is 5.96 Å². The molecule has 1 saturated heterocycles. The molecule has 3 rings (SSSR count). The SMILES string of the molecule is CN=C(NCc1nc(C)c(C)s1)NCC1(c2cc(Cl)ccc2OC)CCOCC1. The summed E-state index contributed by atoms with van der Waals surface area (Å²) in [6.45, 7) is 6.91. The molecule has 0 amide bonds. The molecular formula is C21H29ClN4O2S. The van der Waals surface area contributed by atoms with E-state index in [9.17, 15) is 0 Å². The van der Waals surface area contributed by atoms with Crippen molar-refractivity contribution in [3.05, 3.63) is 44.4 Å². The monoisotopic (exact) mass is 436 g/mol. The van der Waals surface area contributed by atoms with Crippen molar-refractivity contribution in [2.75, 3.05) is 33.9 Å². The summed E-state index contributed by atoms with van der Waals surface area (Å²) in [5.41, 5.74) is 2.06. The van der Waals surface area contributed by atoms with Crippen LogP contribution < -0.4 is 15.4 Å². The molecule has 1 aromatic heterocycles. The Morgan fingerprint density at radius 3 is 2.69 bits per heavy atom. The van der Waals surface area contributed by atoms with Gasteiger partial charge < -0.3 is 20.1 Å². The minimum absolute atomic E-state index is 0.138. The van der Waals surface area contributed by atoms with Gasteiger partial charge in [-0.15, -0.1) is 11.3 Å². The molecule has 2 heterocycles. The summed E-state index contributed by atoms with van der Waals surface area (Å²) in [6.07, 6.45) is 1.77. The van der Waals surface area contributed by atoms with Crippen LogP contribution in [0.4, 0.5) is 0 Å². The molecule has 2 N–H and O–H groups in total. The predicted molar refractivity (Wildman–Crippen MR) is 120 cm³/mol. The maximum absolute atomic E-state index is 6.33. The maximum Gasteiger partial charge on any atom is 0.191 e. The lowest BCUT2D eigenvalue weighted by Crippen LogP contribution is -2.48. The van der Waals surface area contributed by atoms with Crippen molar-refractivity contribution >= 4 is 28.9 Å². The third kappa shape index (κ3) is 5.21. The summed E-state index contributed by atoms with van der Waals surface area (Å²) < 4.78 is 11.3. The number of ether oxygens (including phenoxy) is 2. The van der Waals surface area contributed by atoms with E-state index in [4.69, 9.17) is 21.1 Å². The lowest BCUT2D eigenvalue weighted by Gasteiger charge is -2.39. The molecule has 1 fully saturated rings. The van der Waals surface area contributed by atoms with Crippen molar-refractivity contribution in [2.45, 2.75) is 38.6 Å². The van der Waals surface area contributed by atoms with E-state index in [1.807, 2.05) is 25.1 Å². The van der Waals surface area contributed by atoms with Crippen molar-refractivity contribution < 1.29 is 9.47 Å². The molecule has 0 atom stereocenters. The minimum Gasteiger partial charge on any atom is -0.496 e. The largest absolute Gasteiger partial charge is 0.496 e. The Morgan fingerprint density at radius 1 is 1.31 bits per heavy atom. The number of thiazole rings is 1. The van der Waals surface area contributed by atoms with Crippen LogP contribution in [0.3, 0.4) is 0 Å². The Balaban J connectivity index is 1.74. The molecule has 158 valence electrons. The number of rotatable bonds is 6. The third-order valence-corrected chi connectivity index (χ3v) is 6.79. The van der Waals surface area contributed by atoms with Crippen LogP contribution in [-0.2, 0) is 16.7 Å². The fourth-order valence-corrected chi connectivity index (χ4v) is 4.69. The van der Waals surface area contributed by atoms with Gasteiger partial charge in [-0.3, -0.25) is 4.99 Å². The Kier molecular flexibility index (Phi) is 7.38. The molecule has 0 spiro atoms. The fourth-order valence-electron chi connectivity index (χ4n) is 3.65. The summed E-state index contributed by atoms with van der Waals surface area (Å²) in [6, 6.07) is 5.82. The summed E-state index contributed by atoms with van der Waals surface area (Å²) in [7, 11) is 3.48. The number of aliphatic imine (C=N–C) groups is 1. The quantitative estimate of drug-likeness (QED) is 0.532. The standard InChI is InChI=1S/C21H29ClN4O2S/c1-14-15(2)29-19(26-14)12-24-20(23-3)25-13-21(7-9-28-10-8-21)17-11-16(22)5-6-18(17)27-4/h5-6,11H,7-10,12-13H2,1-4H3,(H2,23,24,25). The predicted octanol–water partition coefficient (Wildman–Crippen LogP) is 3.84. The van der Waals surface area contributed by atoms with Crippen molar-refractivity contribution in [3.63, 3.8) is 0 Å². The number of nitrogens with zero attached hydrogens (tertiary/aromatic N) is 2. The second-order valence-corrected chi connectivity index (χ2v) is 8.99. The molecule has 0 saturated carbocycles. The number of hydrogen-bond donors (Lipinski definition) is 2. The van der Waals surface area contributed by atoms with E-state index in [-0.39, 0.29) is 5.41 Å². The van der Waals surface area contributed by atoms with Gasteiger partial charge in [-0.2, -0.15) is 0 Å². The van der Waals surface area contributed by atoms with Gasteiger partial charge in [0.2, 0.25) is 0 Å². The minimum atomic E-state index is -0.138. The van der Waals surface area contributed by atoms with Gasteiger partial charge in [-0.1, -0.05) is 11.6 Å². The molecule has 0 bridgehead atoms. The van der Waals surface area contributed by atoms with E-state index in [0.717, 1.165) is 40.8 Å². The van der Waals surface area contributed by atoms with Crippen LogP contribution in [0.15, 0.2) is 23.2 Å². The van der Waals surface area contributed by atoms with E-state index in [0.29, 0.717) is 31.3 Å². The normalized spacial score (nSPS) is 16.5. The van der Waals surface area contributed by atoms with E-state index in [1.54, 1.807) is 25.5 Å². The number of halogens is 1. The topological polar surface area (TPSA) is 67.8 Å². The zero-order chi connectivity index (χ0) is 20.9.